The van der Waals surface area contributed by atoms with Gasteiger partial charge in [0.25, 0.3) is 0 Å². The van der Waals surface area contributed by atoms with E-state index in [0.717, 1.165) is 25.9 Å². The molecule has 1 aromatic carbocycles. The zero-order chi connectivity index (χ0) is 18.4. The third-order valence-electron chi connectivity index (χ3n) is 5.86. The number of hydrogen-bond donors (Lipinski definition) is 1. The molecule has 2 amide bonds. The molecule has 138 valence electrons. The number of carbonyl (C=O) groups is 2. The monoisotopic (exact) mass is 353 g/mol. The summed E-state index contributed by atoms with van der Waals surface area (Å²) < 4.78 is 0. The fraction of sp³-hybridized carbons (Fsp3) is 0.524. The summed E-state index contributed by atoms with van der Waals surface area (Å²) in [6.45, 7) is 8.16. The number of aromatic amines is 1. The van der Waals surface area contributed by atoms with E-state index < -0.39 is 0 Å². The Morgan fingerprint density at radius 3 is 2.73 bits per heavy atom. The van der Waals surface area contributed by atoms with Gasteiger partial charge in [-0.3, -0.25) is 9.59 Å². The number of fused-ring (bicyclic) bond motifs is 3. The average Bonchev–Trinajstić information content (AvgIpc) is 3.08. The number of carbonyl (C=O) groups excluding carboxylic acids is 2. The van der Waals surface area contributed by atoms with Crippen molar-refractivity contribution in [2.45, 2.75) is 46.1 Å². The van der Waals surface area contributed by atoms with Crippen LogP contribution in [0, 0.1) is 12.8 Å². The number of nitrogens with one attached hydrogen (secondary N) is 1. The molecule has 2 aliphatic heterocycles. The topological polar surface area (TPSA) is 56.4 Å². The minimum Gasteiger partial charge on any atom is -0.358 e. The molecule has 0 aliphatic carbocycles. The highest BCUT2D eigenvalue weighted by molar-refractivity contribution is 5.90. The number of benzene rings is 1. The lowest BCUT2D eigenvalue weighted by Crippen LogP contribution is -2.39. The Bertz CT molecular complexity index is 868. The summed E-state index contributed by atoms with van der Waals surface area (Å²) >= 11 is 0. The van der Waals surface area contributed by atoms with Crippen molar-refractivity contribution in [3.8, 4) is 0 Å². The maximum Gasteiger partial charge on any atom is 0.228 e. The van der Waals surface area contributed by atoms with Crippen LogP contribution in [-0.4, -0.2) is 52.3 Å². The molecule has 1 N–H and O–H groups in total. The van der Waals surface area contributed by atoms with Crippen LogP contribution in [-0.2, 0) is 22.4 Å². The molecule has 1 aromatic heterocycles. The number of rotatable bonds is 2. The molecule has 0 spiro atoms. The Balaban J connectivity index is 1.50. The highest BCUT2D eigenvalue weighted by atomic mass is 16.2. The highest BCUT2D eigenvalue weighted by Crippen LogP contribution is 2.28. The van der Waals surface area contributed by atoms with Crippen LogP contribution in [0.5, 0.6) is 0 Å². The Labute approximate surface area is 154 Å². The van der Waals surface area contributed by atoms with Crippen LogP contribution >= 0.6 is 0 Å². The molecule has 0 radical (unpaired) electrons. The van der Waals surface area contributed by atoms with E-state index in [1.165, 1.54) is 27.7 Å². The maximum atomic E-state index is 13.0. The predicted octanol–water partition coefficient (Wildman–Crippen LogP) is 2.66. The number of aryl methyl sites for hydroxylation is 1. The summed E-state index contributed by atoms with van der Waals surface area (Å²) in [6, 6.07) is 6.68. The summed E-state index contributed by atoms with van der Waals surface area (Å²) in [5.41, 5.74) is 5.06. The van der Waals surface area contributed by atoms with E-state index in [1.54, 1.807) is 0 Å². The van der Waals surface area contributed by atoms with Gasteiger partial charge in [0, 0.05) is 55.1 Å². The maximum absolute atomic E-state index is 13.0. The molecule has 2 aromatic rings. The van der Waals surface area contributed by atoms with E-state index in [4.69, 9.17) is 0 Å². The van der Waals surface area contributed by atoms with Crippen LogP contribution in [0.2, 0.25) is 0 Å². The molecule has 5 heteroatoms. The Hall–Kier alpha value is -2.30. The summed E-state index contributed by atoms with van der Waals surface area (Å²) in [5, 5.41) is 1.29. The zero-order valence-electron chi connectivity index (χ0n) is 15.8. The molecule has 1 atom stereocenters. The van der Waals surface area contributed by atoms with Gasteiger partial charge in [-0.15, -0.1) is 0 Å². The van der Waals surface area contributed by atoms with Crippen molar-refractivity contribution in [3.05, 3.63) is 35.0 Å². The molecule has 5 nitrogen and oxygen atoms in total. The first-order valence-electron chi connectivity index (χ1n) is 9.62. The van der Waals surface area contributed by atoms with Crippen LogP contribution in [0.1, 0.15) is 37.1 Å². The molecular weight excluding hydrogens is 326 g/mol. The Morgan fingerprint density at radius 1 is 1.23 bits per heavy atom. The summed E-state index contributed by atoms with van der Waals surface area (Å²) in [5.74, 6) is 0.0762. The number of nitrogens with zero attached hydrogens (tertiary/aromatic N) is 2. The zero-order valence-corrected chi connectivity index (χ0v) is 15.8. The first-order valence-corrected chi connectivity index (χ1v) is 9.62. The summed E-state index contributed by atoms with van der Waals surface area (Å²) in [4.78, 5) is 32.5. The predicted molar refractivity (Wildman–Crippen MR) is 102 cm³/mol. The molecule has 1 saturated heterocycles. The van der Waals surface area contributed by atoms with Gasteiger partial charge in [0.2, 0.25) is 11.8 Å². The second-order valence-electron chi connectivity index (χ2n) is 8.00. The van der Waals surface area contributed by atoms with Crippen molar-refractivity contribution in [1.82, 2.24) is 14.8 Å². The second-order valence-corrected chi connectivity index (χ2v) is 8.00. The van der Waals surface area contributed by atoms with E-state index >= 15 is 0 Å². The van der Waals surface area contributed by atoms with Gasteiger partial charge in [0.05, 0.1) is 5.92 Å². The average molecular weight is 353 g/mol. The molecular formula is C21H27N3O2. The van der Waals surface area contributed by atoms with E-state index in [0.29, 0.717) is 13.0 Å². The van der Waals surface area contributed by atoms with E-state index in [1.807, 2.05) is 23.6 Å². The third-order valence-corrected chi connectivity index (χ3v) is 5.86. The number of amides is 2. The lowest BCUT2D eigenvalue weighted by atomic mass is 10.1. The third kappa shape index (κ3) is 2.89. The normalized spacial score (nSPS) is 20.8. The van der Waals surface area contributed by atoms with Crippen LogP contribution in [0.25, 0.3) is 10.9 Å². The summed E-state index contributed by atoms with van der Waals surface area (Å²) in [7, 11) is 0. The number of likely N-dealkylation sites (tertiary alicyclic amines) is 1. The standard InChI is InChI=1S/C21H27N3O2/c1-13(2)24-12-15(11-20(24)25)21(26)23-8-6-16-17-10-14(3)4-5-18(17)22-19(16)7-9-23/h4-5,10,13,15,22H,6-9,11-12H2,1-3H3. The molecule has 4 rings (SSSR count). The van der Waals surface area contributed by atoms with Gasteiger partial charge in [-0.2, -0.15) is 0 Å². The minimum atomic E-state index is -0.180. The van der Waals surface area contributed by atoms with Gasteiger partial charge in [0.1, 0.15) is 0 Å². The van der Waals surface area contributed by atoms with Crippen LogP contribution in [0.15, 0.2) is 18.2 Å². The smallest absolute Gasteiger partial charge is 0.228 e. The van der Waals surface area contributed by atoms with Crippen LogP contribution in [0.4, 0.5) is 0 Å². The fourth-order valence-electron chi connectivity index (χ4n) is 4.40. The molecule has 0 saturated carbocycles. The molecule has 2 aliphatic rings. The summed E-state index contributed by atoms with van der Waals surface area (Å²) in [6.07, 6.45) is 2.09. The van der Waals surface area contributed by atoms with Crippen molar-refractivity contribution in [3.63, 3.8) is 0 Å². The van der Waals surface area contributed by atoms with Gasteiger partial charge < -0.3 is 14.8 Å². The lowest BCUT2D eigenvalue weighted by molar-refractivity contribution is -0.135. The number of hydrogen-bond acceptors (Lipinski definition) is 2. The van der Waals surface area contributed by atoms with Gasteiger partial charge in [0.15, 0.2) is 0 Å². The van der Waals surface area contributed by atoms with Crippen molar-refractivity contribution >= 4 is 22.7 Å². The van der Waals surface area contributed by atoms with Crippen molar-refractivity contribution in [1.29, 1.82) is 0 Å². The van der Waals surface area contributed by atoms with Gasteiger partial charge in [-0.1, -0.05) is 11.6 Å². The number of H-pyrrole nitrogens is 1. The Morgan fingerprint density at radius 2 is 2.00 bits per heavy atom. The van der Waals surface area contributed by atoms with Gasteiger partial charge in [-0.05, 0) is 44.9 Å². The van der Waals surface area contributed by atoms with Crippen molar-refractivity contribution in [2.24, 2.45) is 5.92 Å². The van der Waals surface area contributed by atoms with E-state index in [9.17, 15) is 9.59 Å². The highest BCUT2D eigenvalue weighted by Gasteiger charge is 2.37. The SMILES string of the molecule is Cc1ccc2[nH]c3c(c2c1)CCN(C(=O)C1CC(=O)N(C(C)C)C1)CC3. The molecule has 26 heavy (non-hydrogen) atoms. The first-order chi connectivity index (χ1) is 12.4. The van der Waals surface area contributed by atoms with E-state index in [-0.39, 0.29) is 23.8 Å². The minimum absolute atomic E-state index is 0.111. The molecule has 0 bridgehead atoms. The fourth-order valence-corrected chi connectivity index (χ4v) is 4.40. The largest absolute Gasteiger partial charge is 0.358 e. The quantitative estimate of drug-likeness (QED) is 0.902. The Kier molecular flexibility index (Phi) is 4.25. The van der Waals surface area contributed by atoms with Crippen LogP contribution in [0.3, 0.4) is 0 Å². The molecule has 3 heterocycles. The first kappa shape index (κ1) is 17.1. The van der Waals surface area contributed by atoms with E-state index in [2.05, 4.69) is 30.1 Å². The van der Waals surface area contributed by atoms with Crippen molar-refractivity contribution in [2.75, 3.05) is 19.6 Å². The van der Waals surface area contributed by atoms with Gasteiger partial charge >= 0.3 is 0 Å². The molecule has 1 fully saturated rings. The lowest BCUT2D eigenvalue weighted by Gasteiger charge is -2.25. The van der Waals surface area contributed by atoms with Crippen LogP contribution < -0.4 is 0 Å². The van der Waals surface area contributed by atoms with Crippen molar-refractivity contribution < 1.29 is 9.59 Å². The molecule has 1 unspecified atom stereocenters. The van der Waals surface area contributed by atoms with Gasteiger partial charge in [-0.25, -0.2) is 0 Å². The number of aromatic nitrogens is 1. The second kappa shape index (κ2) is 6.45.